The molecule has 3 nitrogen and oxygen atoms in total. The van der Waals surface area contributed by atoms with Gasteiger partial charge < -0.3 is 4.74 Å². The van der Waals surface area contributed by atoms with Crippen LogP contribution in [0.3, 0.4) is 0 Å². The molecule has 0 aliphatic heterocycles. The van der Waals surface area contributed by atoms with Gasteiger partial charge in [-0.25, -0.2) is 14.4 Å². The van der Waals surface area contributed by atoms with Gasteiger partial charge in [0.2, 0.25) is 0 Å². The molecule has 0 bridgehead atoms. The lowest BCUT2D eigenvalue weighted by molar-refractivity contribution is 0.184. The van der Waals surface area contributed by atoms with Crippen molar-refractivity contribution in [2.75, 3.05) is 6.61 Å². The number of halogens is 1. The summed E-state index contributed by atoms with van der Waals surface area (Å²) >= 11 is 0. The fourth-order valence-electron chi connectivity index (χ4n) is 4.01. The Hall–Kier alpha value is -2.75. The van der Waals surface area contributed by atoms with E-state index in [0.717, 1.165) is 41.8 Å². The third-order valence-corrected chi connectivity index (χ3v) is 6.17. The van der Waals surface area contributed by atoms with E-state index in [4.69, 9.17) is 4.74 Å². The summed E-state index contributed by atoms with van der Waals surface area (Å²) in [7, 11) is 0. The molecular formula is C30H39FN2O. The van der Waals surface area contributed by atoms with Gasteiger partial charge in [0, 0.05) is 23.5 Å². The van der Waals surface area contributed by atoms with Crippen LogP contribution in [0.4, 0.5) is 4.39 Å². The summed E-state index contributed by atoms with van der Waals surface area (Å²) in [5, 5.41) is 0. The van der Waals surface area contributed by atoms with E-state index in [1.54, 1.807) is 0 Å². The van der Waals surface area contributed by atoms with E-state index < -0.39 is 6.17 Å². The Bertz CT molecular complexity index is 939. The van der Waals surface area contributed by atoms with Crippen LogP contribution in [0.25, 0.3) is 22.5 Å². The molecule has 0 saturated heterocycles. The number of aromatic nitrogens is 2. The quantitative estimate of drug-likeness (QED) is 0.212. The van der Waals surface area contributed by atoms with E-state index >= 15 is 0 Å². The minimum atomic E-state index is -0.910. The highest BCUT2D eigenvalue weighted by atomic mass is 19.1. The molecule has 3 rings (SSSR count). The molecule has 0 aliphatic rings. The van der Waals surface area contributed by atoms with Gasteiger partial charge in [0.05, 0.1) is 0 Å². The van der Waals surface area contributed by atoms with Gasteiger partial charge in [0.15, 0.2) is 5.82 Å². The zero-order chi connectivity index (χ0) is 24.0. The maximum Gasteiger partial charge on any atom is 0.159 e. The summed E-state index contributed by atoms with van der Waals surface area (Å²) in [4.78, 5) is 9.15. The van der Waals surface area contributed by atoms with Crippen molar-refractivity contribution in [1.29, 1.82) is 0 Å². The van der Waals surface area contributed by atoms with Crippen LogP contribution in [0.5, 0.6) is 5.75 Å². The van der Waals surface area contributed by atoms with Gasteiger partial charge in [-0.1, -0.05) is 95.2 Å². The molecule has 0 aliphatic carbocycles. The van der Waals surface area contributed by atoms with E-state index in [2.05, 4.69) is 48.1 Å². The van der Waals surface area contributed by atoms with Gasteiger partial charge in [0.25, 0.3) is 0 Å². The maximum atomic E-state index is 14.0. The molecule has 1 heterocycles. The highest BCUT2D eigenvalue weighted by Crippen LogP contribution is 2.24. The van der Waals surface area contributed by atoms with Crippen LogP contribution >= 0.6 is 0 Å². The molecule has 182 valence electrons. The van der Waals surface area contributed by atoms with Crippen LogP contribution in [-0.2, 0) is 6.42 Å². The molecular weight excluding hydrogens is 423 g/mol. The molecule has 3 aromatic rings. The highest BCUT2D eigenvalue weighted by molar-refractivity contribution is 5.64. The van der Waals surface area contributed by atoms with Gasteiger partial charge >= 0.3 is 0 Å². The summed E-state index contributed by atoms with van der Waals surface area (Å²) in [6.07, 6.45) is 14.0. The molecule has 0 radical (unpaired) electrons. The van der Waals surface area contributed by atoms with Crippen molar-refractivity contribution in [3.05, 3.63) is 66.5 Å². The van der Waals surface area contributed by atoms with E-state index in [1.165, 1.54) is 44.1 Å². The first-order valence-corrected chi connectivity index (χ1v) is 13.0. The number of aryl methyl sites for hydroxylation is 1. The van der Waals surface area contributed by atoms with Crippen molar-refractivity contribution in [2.24, 2.45) is 0 Å². The molecule has 1 aromatic heterocycles. The zero-order valence-electron chi connectivity index (χ0n) is 20.8. The van der Waals surface area contributed by atoms with Gasteiger partial charge in [-0.15, -0.1) is 0 Å². The first-order chi connectivity index (χ1) is 16.7. The number of hydrogen-bond donors (Lipinski definition) is 0. The maximum absolute atomic E-state index is 14.0. The molecule has 2 aromatic carbocycles. The summed E-state index contributed by atoms with van der Waals surface area (Å²) in [5.41, 5.74) is 4.36. The molecule has 0 spiro atoms. The third kappa shape index (κ3) is 8.55. The lowest BCUT2D eigenvalue weighted by atomic mass is 10.0. The van der Waals surface area contributed by atoms with E-state index in [9.17, 15) is 4.39 Å². The van der Waals surface area contributed by atoms with Crippen molar-refractivity contribution in [1.82, 2.24) is 9.97 Å². The van der Waals surface area contributed by atoms with Crippen LogP contribution in [0.1, 0.15) is 77.2 Å². The first kappa shape index (κ1) is 25.9. The molecule has 0 saturated carbocycles. The number of unbranched alkanes of at least 4 members (excludes halogenated alkanes) is 6. The Balaban J connectivity index is 1.49. The van der Waals surface area contributed by atoms with Crippen molar-refractivity contribution in [2.45, 2.75) is 84.2 Å². The summed E-state index contributed by atoms with van der Waals surface area (Å²) in [5.74, 6) is 1.42. The van der Waals surface area contributed by atoms with Gasteiger partial charge in [-0.3, -0.25) is 0 Å². The van der Waals surface area contributed by atoms with Crippen LogP contribution in [-0.4, -0.2) is 22.7 Å². The summed E-state index contributed by atoms with van der Waals surface area (Å²) in [6, 6.07) is 16.3. The standard InChI is InChI=1S/C30H39FN2O/c1-3-5-7-9-11-24-13-15-26(16-14-24)30-32-21-27(22-33-30)25-17-19-29(20-18-25)34-23-28(31)12-10-8-6-4-2/h13-22,28H,3-12,23H2,1-2H3. The van der Waals surface area contributed by atoms with Crippen LogP contribution in [0, 0.1) is 0 Å². The number of ether oxygens (including phenoxy) is 1. The fourth-order valence-corrected chi connectivity index (χ4v) is 4.01. The normalized spacial score (nSPS) is 12.0. The molecule has 1 unspecified atom stereocenters. The predicted molar refractivity (Wildman–Crippen MR) is 140 cm³/mol. The van der Waals surface area contributed by atoms with Gasteiger partial charge in [-0.05, 0) is 42.5 Å². The first-order valence-electron chi connectivity index (χ1n) is 13.0. The number of benzene rings is 2. The average molecular weight is 463 g/mol. The fraction of sp³-hybridized carbons (Fsp3) is 0.467. The molecule has 1 atom stereocenters. The zero-order valence-corrected chi connectivity index (χ0v) is 20.8. The van der Waals surface area contributed by atoms with Crippen molar-refractivity contribution < 1.29 is 9.13 Å². The number of rotatable bonds is 15. The van der Waals surface area contributed by atoms with Crippen molar-refractivity contribution in [3.63, 3.8) is 0 Å². The molecule has 4 heteroatoms. The Labute approximate surface area is 204 Å². The molecule has 0 fully saturated rings. The van der Waals surface area contributed by atoms with Gasteiger partial charge in [-0.2, -0.15) is 0 Å². The van der Waals surface area contributed by atoms with Crippen LogP contribution in [0.2, 0.25) is 0 Å². The SMILES string of the molecule is CCCCCCc1ccc(-c2ncc(-c3ccc(OCC(F)CCCCCC)cc3)cn2)cc1. The van der Waals surface area contributed by atoms with E-state index in [0.29, 0.717) is 12.2 Å². The Morgan fingerprint density at radius 2 is 1.32 bits per heavy atom. The topological polar surface area (TPSA) is 35.0 Å². The monoisotopic (exact) mass is 462 g/mol. The van der Waals surface area contributed by atoms with E-state index in [1.807, 2.05) is 36.7 Å². The summed E-state index contributed by atoms with van der Waals surface area (Å²) < 4.78 is 19.6. The number of alkyl halides is 1. The Kier molecular flexibility index (Phi) is 11.0. The predicted octanol–water partition coefficient (Wildman–Crippen LogP) is 8.62. The lowest BCUT2D eigenvalue weighted by Crippen LogP contribution is -2.12. The van der Waals surface area contributed by atoms with E-state index in [-0.39, 0.29) is 6.61 Å². The second-order valence-electron chi connectivity index (χ2n) is 9.08. The molecule has 34 heavy (non-hydrogen) atoms. The lowest BCUT2D eigenvalue weighted by Gasteiger charge is -2.11. The third-order valence-electron chi connectivity index (χ3n) is 6.17. The highest BCUT2D eigenvalue weighted by Gasteiger charge is 2.08. The van der Waals surface area contributed by atoms with Gasteiger partial charge in [0.1, 0.15) is 18.5 Å². The second-order valence-corrected chi connectivity index (χ2v) is 9.08. The Morgan fingerprint density at radius 3 is 1.97 bits per heavy atom. The molecule has 0 N–H and O–H groups in total. The minimum Gasteiger partial charge on any atom is -0.491 e. The minimum absolute atomic E-state index is 0.112. The Morgan fingerprint density at radius 1 is 0.706 bits per heavy atom. The smallest absolute Gasteiger partial charge is 0.159 e. The number of hydrogen-bond acceptors (Lipinski definition) is 3. The van der Waals surface area contributed by atoms with Crippen LogP contribution in [0.15, 0.2) is 60.9 Å². The van der Waals surface area contributed by atoms with Crippen molar-refractivity contribution in [3.8, 4) is 28.3 Å². The van der Waals surface area contributed by atoms with Crippen LogP contribution < -0.4 is 4.74 Å². The van der Waals surface area contributed by atoms with Crippen molar-refractivity contribution >= 4 is 0 Å². The average Bonchev–Trinajstić information content (AvgIpc) is 2.89. The second kappa shape index (κ2) is 14.5. The molecule has 0 amide bonds. The largest absolute Gasteiger partial charge is 0.491 e. The summed E-state index contributed by atoms with van der Waals surface area (Å²) in [6.45, 7) is 4.51. The number of nitrogens with zero attached hydrogens (tertiary/aromatic N) is 2.